The van der Waals surface area contributed by atoms with E-state index >= 15 is 0 Å². The Kier molecular flexibility index (Phi) is 6.42. The van der Waals surface area contributed by atoms with Crippen molar-refractivity contribution in [3.8, 4) is 6.07 Å². The maximum atomic E-state index is 12.4. The van der Waals surface area contributed by atoms with Crippen molar-refractivity contribution in [2.24, 2.45) is 5.92 Å². The summed E-state index contributed by atoms with van der Waals surface area (Å²) in [6.07, 6.45) is 1.72. The lowest BCUT2D eigenvalue weighted by Crippen LogP contribution is -2.31. The quantitative estimate of drug-likeness (QED) is 0.596. The zero-order valence-corrected chi connectivity index (χ0v) is 14.6. The van der Waals surface area contributed by atoms with Gasteiger partial charge in [0.1, 0.15) is 11.6 Å². The number of amides is 1. The highest BCUT2D eigenvalue weighted by Gasteiger charge is 2.17. The van der Waals surface area contributed by atoms with Crippen molar-refractivity contribution in [2.45, 2.75) is 48.1 Å². The number of nitriles is 1. The van der Waals surface area contributed by atoms with Crippen molar-refractivity contribution < 1.29 is 4.79 Å². The van der Waals surface area contributed by atoms with Gasteiger partial charge in [-0.05, 0) is 51.3 Å². The first-order chi connectivity index (χ1) is 10.3. The molecule has 0 saturated carbocycles. The maximum Gasteiger partial charge on any atom is 0.264 e. The second kappa shape index (κ2) is 7.84. The van der Waals surface area contributed by atoms with E-state index < -0.39 is 0 Å². The second-order valence-corrected chi connectivity index (χ2v) is 5.98. The fraction of sp³-hybridized carbons (Fsp3) is 0.556. The van der Waals surface area contributed by atoms with Crippen LogP contribution in [-0.2, 0) is 11.3 Å². The van der Waals surface area contributed by atoms with Gasteiger partial charge >= 0.3 is 0 Å². The predicted molar refractivity (Wildman–Crippen MR) is 90.3 cm³/mol. The van der Waals surface area contributed by atoms with Crippen molar-refractivity contribution in [3.63, 3.8) is 0 Å². The first-order valence-corrected chi connectivity index (χ1v) is 7.93. The number of carbonyl (C=O) groups is 1. The third-order valence-electron chi connectivity index (χ3n) is 3.86. The molecule has 0 saturated heterocycles. The minimum atomic E-state index is -0.193. The molecule has 1 heterocycles. The molecule has 0 radical (unpaired) electrons. The molecule has 4 nitrogen and oxygen atoms in total. The molecule has 4 heteroatoms. The molecule has 1 aromatic heterocycles. The number of likely N-dealkylation sites (N-methyl/N-ethyl adjacent to an activating group) is 1. The van der Waals surface area contributed by atoms with E-state index in [4.69, 9.17) is 0 Å². The van der Waals surface area contributed by atoms with E-state index in [1.165, 1.54) is 0 Å². The third kappa shape index (κ3) is 4.00. The number of nitrogens with zero attached hydrogens (tertiary/aromatic N) is 3. The summed E-state index contributed by atoms with van der Waals surface area (Å²) in [6.45, 7) is 14.5. The zero-order chi connectivity index (χ0) is 16.9. The molecule has 1 aromatic rings. The highest BCUT2D eigenvalue weighted by molar-refractivity contribution is 6.01. The number of hydrogen-bond acceptors (Lipinski definition) is 2. The minimum Gasteiger partial charge on any atom is -0.348 e. The molecule has 0 fully saturated rings. The summed E-state index contributed by atoms with van der Waals surface area (Å²) in [6, 6.07) is 4.10. The average Bonchev–Trinajstić information content (AvgIpc) is 2.73. The molecule has 0 aromatic carbocycles. The predicted octanol–water partition coefficient (Wildman–Crippen LogP) is 3.54. The molecule has 120 valence electrons. The van der Waals surface area contributed by atoms with Crippen molar-refractivity contribution in [1.29, 1.82) is 5.26 Å². The van der Waals surface area contributed by atoms with Crippen LogP contribution in [0.15, 0.2) is 11.6 Å². The summed E-state index contributed by atoms with van der Waals surface area (Å²) >= 11 is 0. The number of carbonyl (C=O) groups excluding carboxylic acids is 1. The van der Waals surface area contributed by atoms with E-state index in [-0.39, 0.29) is 11.5 Å². The van der Waals surface area contributed by atoms with Gasteiger partial charge in [0.05, 0.1) is 0 Å². The minimum absolute atomic E-state index is 0.193. The molecule has 0 bridgehead atoms. The van der Waals surface area contributed by atoms with Gasteiger partial charge in [0.15, 0.2) is 0 Å². The smallest absolute Gasteiger partial charge is 0.264 e. The molecule has 0 unspecified atom stereocenters. The van der Waals surface area contributed by atoms with Gasteiger partial charge in [-0.3, -0.25) is 4.79 Å². The molecular formula is C18H27N3O. The molecule has 0 aliphatic carbocycles. The number of hydrogen-bond donors (Lipinski definition) is 0. The number of aromatic nitrogens is 1. The van der Waals surface area contributed by atoms with E-state index in [9.17, 15) is 10.1 Å². The molecule has 0 N–H and O–H groups in total. The lowest BCUT2D eigenvalue weighted by molar-refractivity contribution is -0.126. The molecular weight excluding hydrogens is 274 g/mol. The average molecular weight is 301 g/mol. The molecule has 1 amide bonds. The Morgan fingerprint density at radius 2 is 1.95 bits per heavy atom. The van der Waals surface area contributed by atoms with Crippen LogP contribution >= 0.6 is 0 Å². The largest absolute Gasteiger partial charge is 0.348 e. The van der Waals surface area contributed by atoms with Crippen molar-refractivity contribution >= 4 is 12.0 Å². The van der Waals surface area contributed by atoms with Gasteiger partial charge < -0.3 is 9.47 Å². The van der Waals surface area contributed by atoms with Gasteiger partial charge in [0.2, 0.25) is 0 Å². The highest BCUT2D eigenvalue weighted by Crippen LogP contribution is 2.20. The standard InChI is InChI=1S/C18H27N3O/c1-7-20(8-2)18(22)17(11-19)10-16-9-14(5)21(15(16)6)12-13(3)4/h9-10,13H,7-8,12H2,1-6H3. The lowest BCUT2D eigenvalue weighted by atomic mass is 10.1. The van der Waals surface area contributed by atoms with E-state index in [1.54, 1.807) is 11.0 Å². The fourth-order valence-electron chi connectivity index (χ4n) is 2.60. The first-order valence-electron chi connectivity index (χ1n) is 7.93. The SMILES string of the molecule is CCN(CC)C(=O)C(C#N)=Cc1cc(C)n(CC(C)C)c1C. The second-order valence-electron chi connectivity index (χ2n) is 5.98. The van der Waals surface area contributed by atoms with Crippen LogP contribution in [0.3, 0.4) is 0 Å². The molecule has 22 heavy (non-hydrogen) atoms. The molecule has 1 rings (SSSR count). The highest BCUT2D eigenvalue weighted by atomic mass is 16.2. The van der Waals surface area contributed by atoms with Crippen molar-refractivity contribution in [1.82, 2.24) is 9.47 Å². The normalized spacial score (nSPS) is 11.6. The van der Waals surface area contributed by atoms with Gasteiger partial charge in [-0.15, -0.1) is 0 Å². The summed E-state index contributed by atoms with van der Waals surface area (Å²) in [7, 11) is 0. The van der Waals surface area contributed by atoms with Gasteiger partial charge in [0.25, 0.3) is 5.91 Å². The monoisotopic (exact) mass is 301 g/mol. The summed E-state index contributed by atoms with van der Waals surface area (Å²) in [5, 5.41) is 9.34. The van der Waals surface area contributed by atoms with E-state index in [0.717, 1.165) is 23.5 Å². The van der Waals surface area contributed by atoms with Crippen LogP contribution < -0.4 is 0 Å². The van der Waals surface area contributed by atoms with E-state index in [2.05, 4.69) is 31.4 Å². The van der Waals surface area contributed by atoms with Crippen LogP contribution in [0.2, 0.25) is 0 Å². The van der Waals surface area contributed by atoms with Gasteiger partial charge in [-0.25, -0.2) is 0 Å². The van der Waals surface area contributed by atoms with Gasteiger partial charge in [0, 0.05) is 31.0 Å². The van der Waals surface area contributed by atoms with Crippen LogP contribution in [-0.4, -0.2) is 28.5 Å². The Morgan fingerprint density at radius 3 is 2.41 bits per heavy atom. The fourth-order valence-corrected chi connectivity index (χ4v) is 2.60. The summed E-state index contributed by atoms with van der Waals surface area (Å²) in [5.41, 5.74) is 3.42. The third-order valence-corrected chi connectivity index (χ3v) is 3.86. The molecule has 0 aliphatic heterocycles. The van der Waals surface area contributed by atoms with Crippen LogP contribution in [0.25, 0.3) is 6.08 Å². The molecule has 0 atom stereocenters. The van der Waals surface area contributed by atoms with Crippen molar-refractivity contribution in [2.75, 3.05) is 13.1 Å². The zero-order valence-electron chi connectivity index (χ0n) is 14.6. The first kappa shape index (κ1) is 18.0. The van der Waals surface area contributed by atoms with Crippen LogP contribution in [0.1, 0.15) is 44.6 Å². The summed E-state index contributed by atoms with van der Waals surface area (Å²) in [5.74, 6) is 0.357. The van der Waals surface area contributed by atoms with E-state index in [0.29, 0.717) is 19.0 Å². The van der Waals surface area contributed by atoms with Crippen LogP contribution in [0.5, 0.6) is 0 Å². The summed E-state index contributed by atoms with van der Waals surface area (Å²) < 4.78 is 2.24. The Bertz CT molecular complexity index is 599. The summed E-state index contributed by atoms with van der Waals surface area (Å²) in [4.78, 5) is 14.0. The van der Waals surface area contributed by atoms with Crippen LogP contribution in [0, 0.1) is 31.1 Å². The topological polar surface area (TPSA) is 49.0 Å². The number of aryl methyl sites for hydroxylation is 1. The van der Waals surface area contributed by atoms with Crippen LogP contribution in [0.4, 0.5) is 0 Å². The lowest BCUT2D eigenvalue weighted by Gasteiger charge is -2.17. The molecule has 0 aliphatic rings. The molecule has 0 spiro atoms. The number of rotatable bonds is 6. The Morgan fingerprint density at radius 1 is 1.36 bits per heavy atom. The van der Waals surface area contributed by atoms with E-state index in [1.807, 2.05) is 26.8 Å². The van der Waals surface area contributed by atoms with Gasteiger partial charge in [-0.1, -0.05) is 13.8 Å². The van der Waals surface area contributed by atoms with Gasteiger partial charge in [-0.2, -0.15) is 5.26 Å². The Labute approximate surface area is 134 Å². The maximum absolute atomic E-state index is 12.4. The Balaban J connectivity index is 3.20. The Hall–Kier alpha value is -2.02. The van der Waals surface area contributed by atoms with Crippen molar-refractivity contribution in [3.05, 3.63) is 28.6 Å².